The average Bonchev–Trinajstić information content (AvgIpc) is 3.16. The summed E-state index contributed by atoms with van der Waals surface area (Å²) < 4.78 is 13.7. The Hall–Kier alpha value is -3.91. The Morgan fingerprint density at radius 1 is 0.943 bits per heavy atom. The third-order valence-corrected chi connectivity index (χ3v) is 6.37. The molecule has 180 valence electrons. The van der Waals surface area contributed by atoms with Crippen LogP contribution in [-0.4, -0.2) is 28.5 Å². The highest BCUT2D eigenvalue weighted by Gasteiger charge is 2.21. The molecule has 0 fully saturated rings. The zero-order valence-electron chi connectivity index (χ0n) is 19.4. The van der Waals surface area contributed by atoms with Crippen molar-refractivity contribution in [3.63, 3.8) is 0 Å². The van der Waals surface area contributed by atoms with Crippen molar-refractivity contribution < 1.29 is 24.2 Å². The second kappa shape index (κ2) is 10.1. The van der Waals surface area contributed by atoms with E-state index >= 15 is 0 Å². The molecule has 35 heavy (non-hydrogen) atoms. The molecule has 3 aromatic carbocycles. The summed E-state index contributed by atoms with van der Waals surface area (Å²) in [4.78, 5) is 36.4. The molecule has 4 aromatic rings. The predicted octanol–water partition coefficient (Wildman–Crippen LogP) is 3.67. The van der Waals surface area contributed by atoms with Crippen molar-refractivity contribution >= 4 is 33.3 Å². The molecule has 0 saturated heterocycles. The number of fused-ring (bicyclic) bond motifs is 1. The Morgan fingerprint density at radius 2 is 1.69 bits per heavy atom. The zero-order valence-corrected chi connectivity index (χ0v) is 20.2. The molecule has 0 amide bonds. The Morgan fingerprint density at radius 3 is 2.43 bits per heavy atom. The first-order valence-electron chi connectivity index (χ1n) is 11.1. The van der Waals surface area contributed by atoms with Gasteiger partial charge in [0, 0.05) is 23.7 Å². The van der Waals surface area contributed by atoms with E-state index in [4.69, 9.17) is 9.47 Å². The van der Waals surface area contributed by atoms with Crippen molar-refractivity contribution in [1.29, 1.82) is 0 Å². The number of aromatic nitrogens is 1. The number of hydrogen-bond donors (Lipinski definition) is 0. The van der Waals surface area contributed by atoms with E-state index in [-0.39, 0.29) is 10.7 Å². The summed E-state index contributed by atoms with van der Waals surface area (Å²) in [5, 5.41) is 11.2. The van der Waals surface area contributed by atoms with Crippen LogP contribution in [0, 0.1) is 0 Å². The smallest absolute Gasteiger partial charge is 0.308 e. The molecule has 0 unspecified atom stereocenters. The maximum absolute atomic E-state index is 12.7. The quantitative estimate of drug-likeness (QED) is 0.249. The highest BCUT2D eigenvalue weighted by atomic mass is 32.1. The molecule has 0 N–H and O–H groups in total. The third-order valence-electron chi connectivity index (χ3n) is 5.43. The van der Waals surface area contributed by atoms with Gasteiger partial charge in [-0.15, -0.1) is 0 Å². The van der Waals surface area contributed by atoms with Gasteiger partial charge in [-0.2, -0.15) is 0 Å². The van der Waals surface area contributed by atoms with Gasteiger partial charge >= 0.3 is 4.87 Å². The number of aliphatic carboxylic acids is 1. The van der Waals surface area contributed by atoms with Gasteiger partial charge < -0.3 is 19.4 Å². The van der Waals surface area contributed by atoms with Gasteiger partial charge in [0.25, 0.3) is 0 Å². The number of nitrogens with zero attached hydrogens (tertiary/aromatic N) is 1. The lowest BCUT2D eigenvalue weighted by atomic mass is 10.0. The molecule has 7 nitrogen and oxygen atoms in total. The third kappa shape index (κ3) is 5.60. The van der Waals surface area contributed by atoms with Gasteiger partial charge in [0.1, 0.15) is 17.1 Å². The van der Waals surface area contributed by atoms with Crippen LogP contribution in [0.4, 0.5) is 0 Å². The highest BCUT2D eigenvalue weighted by molar-refractivity contribution is 7.16. The second-order valence-corrected chi connectivity index (χ2v) is 9.47. The van der Waals surface area contributed by atoms with E-state index in [9.17, 15) is 19.5 Å². The molecule has 0 aliphatic heterocycles. The molecule has 0 radical (unpaired) electrons. The topological polar surface area (TPSA) is 97.7 Å². The number of carbonyl (C=O) groups is 2. The van der Waals surface area contributed by atoms with Crippen molar-refractivity contribution in [1.82, 2.24) is 4.57 Å². The van der Waals surface area contributed by atoms with Crippen molar-refractivity contribution in [3.8, 4) is 11.5 Å². The molecular weight excluding hydrogens is 466 g/mol. The zero-order chi connectivity index (χ0) is 25.0. The summed E-state index contributed by atoms with van der Waals surface area (Å²) in [5.41, 5.74) is 0.466. The lowest BCUT2D eigenvalue weighted by molar-refractivity contribution is -0.320. The number of benzene rings is 3. The lowest BCUT2D eigenvalue weighted by Gasteiger charge is -2.27. The van der Waals surface area contributed by atoms with E-state index in [2.05, 4.69) is 0 Å². The molecule has 0 aliphatic carbocycles. The molecule has 0 spiro atoms. The first kappa shape index (κ1) is 24.2. The summed E-state index contributed by atoms with van der Waals surface area (Å²) >= 11 is 1.11. The Bertz CT molecular complexity index is 1420. The normalized spacial score (nSPS) is 11.4. The van der Waals surface area contributed by atoms with Crippen molar-refractivity contribution in [2.24, 2.45) is 0 Å². The van der Waals surface area contributed by atoms with Crippen molar-refractivity contribution in [2.75, 3.05) is 6.61 Å². The minimum absolute atomic E-state index is 0.0810. The number of ketones is 1. The van der Waals surface area contributed by atoms with Gasteiger partial charge in [-0.3, -0.25) is 14.2 Å². The van der Waals surface area contributed by atoms with Crippen LogP contribution in [0.5, 0.6) is 11.5 Å². The molecule has 1 heterocycles. The summed E-state index contributed by atoms with van der Waals surface area (Å²) in [6, 6.07) is 21.1. The van der Waals surface area contributed by atoms with Crippen LogP contribution >= 0.6 is 11.3 Å². The van der Waals surface area contributed by atoms with Crippen LogP contribution in [0.2, 0.25) is 0 Å². The summed E-state index contributed by atoms with van der Waals surface area (Å²) in [6.07, 6.45) is 0.575. The van der Waals surface area contributed by atoms with Gasteiger partial charge in [0.2, 0.25) is 0 Å². The number of carboxylic acids is 1. The maximum atomic E-state index is 12.7. The van der Waals surface area contributed by atoms with E-state index in [1.807, 2.05) is 24.3 Å². The average molecular weight is 491 g/mol. The van der Waals surface area contributed by atoms with Crippen LogP contribution in [0.1, 0.15) is 36.2 Å². The van der Waals surface area contributed by atoms with Crippen molar-refractivity contribution in [2.45, 2.75) is 32.4 Å². The van der Waals surface area contributed by atoms with Crippen LogP contribution in [-0.2, 0) is 11.3 Å². The highest BCUT2D eigenvalue weighted by Crippen LogP contribution is 2.24. The number of hydrogen-bond acceptors (Lipinski definition) is 7. The molecule has 4 rings (SSSR count). The Labute approximate surface area is 206 Å². The lowest BCUT2D eigenvalue weighted by Crippen LogP contribution is -2.47. The predicted molar refractivity (Wildman–Crippen MR) is 132 cm³/mol. The Balaban J connectivity index is 1.39. The molecule has 0 saturated carbocycles. The van der Waals surface area contributed by atoms with E-state index in [0.29, 0.717) is 42.2 Å². The van der Waals surface area contributed by atoms with Gasteiger partial charge in [-0.25, -0.2) is 0 Å². The SMILES string of the molecule is CC(C)(Oc1cccc(OCCCn2c(=O)sc3cc(C(=O)c4ccccc4)ccc32)c1)C(=O)[O-]. The first-order chi connectivity index (χ1) is 16.7. The standard InChI is InChI=1S/C27H25NO6S/c1-27(2,25(30)31)34-21-11-6-10-20(17-21)33-15-7-14-28-22-13-12-19(16-23(22)35-26(28)32)24(29)18-8-4-3-5-9-18/h3-6,8-13,16-17H,7,14-15H2,1-2H3,(H,30,31)/p-1. The molecular formula is C27H24NO6S-. The molecule has 1 aromatic heterocycles. The van der Waals surface area contributed by atoms with Crippen LogP contribution in [0.3, 0.4) is 0 Å². The van der Waals surface area contributed by atoms with Crippen LogP contribution in [0.25, 0.3) is 10.2 Å². The van der Waals surface area contributed by atoms with E-state index < -0.39 is 11.6 Å². The molecule has 8 heteroatoms. The molecule has 0 bridgehead atoms. The second-order valence-electron chi connectivity index (χ2n) is 8.47. The minimum Gasteiger partial charge on any atom is -0.546 e. The number of thiazole rings is 1. The van der Waals surface area contributed by atoms with Gasteiger partial charge in [-0.1, -0.05) is 47.7 Å². The van der Waals surface area contributed by atoms with Gasteiger partial charge in [0.15, 0.2) is 5.78 Å². The number of rotatable bonds is 10. The first-order valence-corrected chi connectivity index (χ1v) is 11.9. The summed E-state index contributed by atoms with van der Waals surface area (Å²) in [7, 11) is 0. The number of carboxylic acid groups (broad SMARTS) is 1. The fraction of sp³-hybridized carbons (Fsp3) is 0.222. The van der Waals surface area contributed by atoms with Crippen LogP contribution < -0.4 is 19.5 Å². The molecule has 0 atom stereocenters. The fourth-order valence-electron chi connectivity index (χ4n) is 3.55. The van der Waals surface area contributed by atoms with E-state index in [1.165, 1.54) is 13.8 Å². The van der Waals surface area contributed by atoms with Gasteiger partial charge in [-0.05, 0) is 50.6 Å². The maximum Gasteiger partial charge on any atom is 0.308 e. The summed E-state index contributed by atoms with van der Waals surface area (Å²) in [6.45, 7) is 3.64. The van der Waals surface area contributed by atoms with E-state index in [0.717, 1.165) is 21.6 Å². The summed E-state index contributed by atoms with van der Waals surface area (Å²) in [5.74, 6) is -0.503. The monoisotopic (exact) mass is 490 g/mol. The Kier molecular flexibility index (Phi) is 7.02. The van der Waals surface area contributed by atoms with Crippen LogP contribution in [0.15, 0.2) is 77.6 Å². The number of aryl methyl sites for hydroxylation is 1. The fourth-order valence-corrected chi connectivity index (χ4v) is 4.51. The molecule has 0 aliphatic rings. The van der Waals surface area contributed by atoms with Gasteiger partial charge in [0.05, 0.1) is 22.8 Å². The van der Waals surface area contributed by atoms with Crippen molar-refractivity contribution in [3.05, 3.63) is 93.6 Å². The number of carbonyl (C=O) groups excluding carboxylic acids is 2. The number of ether oxygens (including phenoxy) is 2. The van der Waals surface area contributed by atoms with E-state index in [1.54, 1.807) is 53.1 Å². The minimum atomic E-state index is -1.47. The largest absolute Gasteiger partial charge is 0.546 e.